The lowest BCUT2D eigenvalue weighted by molar-refractivity contribution is -0.141. The topological polar surface area (TPSA) is 40.6 Å². The van der Waals surface area contributed by atoms with E-state index in [4.69, 9.17) is 0 Å². The molecule has 1 aliphatic rings. The lowest BCUT2D eigenvalue weighted by atomic mass is 9.90. The standard InChI is InChI=1S/C24H32N2O2S/c1-5-22(27)25(13-10-17(2)3)16-23(28)26-14-11-21-20(12-15-29-21)24(26)19-9-7-6-8-18(19)4/h6-9,12,15,17,24H,5,10-11,13-14,16H2,1-4H3/t24-/m0/s1. The Morgan fingerprint density at radius 1 is 1.21 bits per heavy atom. The Kier molecular flexibility index (Phi) is 7.12. The van der Waals surface area contributed by atoms with Crippen molar-refractivity contribution in [2.75, 3.05) is 19.6 Å². The van der Waals surface area contributed by atoms with Crippen LogP contribution in [0.1, 0.15) is 61.2 Å². The zero-order valence-electron chi connectivity index (χ0n) is 18.0. The first-order valence-electron chi connectivity index (χ1n) is 10.6. The summed E-state index contributed by atoms with van der Waals surface area (Å²) in [5.41, 5.74) is 3.60. The van der Waals surface area contributed by atoms with Crippen molar-refractivity contribution in [2.45, 2.75) is 53.0 Å². The van der Waals surface area contributed by atoms with E-state index in [9.17, 15) is 9.59 Å². The zero-order chi connectivity index (χ0) is 21.0. The second-order valence-electron chi connectivity index (χ2n) is 8.25. The lowest BCUT2D eigenvalue weighted by Crippen LogP contribution is -2.47. The van der Waals surface area contributed by atoms with E-state index < -0.39 is 0 Å². The smallest absolute Gasteiger partial charge is 0.242 e. The average molecular weight is 413 g/mol. The number of fused-ring (bicyclic) bond motifs is 1. The van der Waals surface area contributed by atoms with Crippen molar-refractivity contribution >= 4 is 23.2 Å². The van der Waals surface area contributed by atoms with Crippen molar-refractivity contribution in [3.63, 3.8) is 0 Å². The van der Waals surface area contributed by atoms with Crippen molar-refractivity contribution in [1.29, 1.82) is 0 Å². The Morgan fingerprint density at radius 2 is 1.97 bits per heavy atom. The molecule has 0 spiro atoms. The minimum Gasteiger partial charge on any atom is -0.333 e. The van der Waals surface area contributed by atoms with Gasteiger partial charge in [-0.15, -0.1) is 11.3 Å². The second-order valence-corrected chi connectivity index (χ2v) is 9.25. The molecule has 1 atom stereocenters. The quantitative estimate of drug-likeness (QED) is 0.654. The van der Waals surface area contributed by atoms with Gasteiger partial charge in [0.05, 0.1) is 12.6 Å². The molecule has 0 N–H and O–H groups in total. The minimum absolute atomic E-state index is 0.0423. The van der Waals surface area contributed by atoms with Crippen LogP contribution in [0.15, 0.2) is 35.7 Å². The van der Waals surface area contributed by atoms with Crippen molar-refractivity contribution in [2.24, 2.45) is 5.92 Å². The van der Waals surface area contributed by atoms with Crippen LogP contribution in [0.2, 0.25) is 0 Å². The van der Waals surface area contributed by atoms with Crippen molar-refractivity contribution in [1.82, 2.24) is 9.80 Å². The molecule has 2 aromatic rings. The van der Waals surface area contributed by atoms with Gasteiger partial charge in [0.2, 0.25) is 11.8 Å². The van der Waals surface area contributed by atoms with Crippen LogP contribution in [-0.4, -0.2) is 41.2 Å². The highest BCUT2D eigenvalue weighted by molar-refractivity contribution is 7.10. The molecule has 1 aromatic carbocycles. The Hall–Kier alpha value is -2.14. The molecule has 2 heterocycles. The Labute approximate surface area is 178 Å². The Bertz CT molecular complexity index is 858. The van der Waals surface area contributed by atoms with E-state index >= 15 is 0 Å². The zero-order valence-corrected chi connectivity index (χ0v) is 18.8. The molecular weight excluding hydrogens is 380 g/mol. The largest absolute Gasteiger partial charge is 0.333 e. The third-order valence-corrected chi connectivity index (χ3v) is 6.72. The van der Waals surface area contributed by atoms with Gasteiger partial charge in [0, 0.05) is 24.4 Å². The first-order chi connectivity index (χ1) is 13.9. The van der Waals surface area contributed by atoms with E-state index in [0.717, 1.165) is 12.8 Å². The van der Waals surface area contributed by atoms with E-state index in [-0.39, 0.29) is 24.4 Å². The number of thiophene rings is 1. The SMILES string of the molecule is CCC(=O)N(CCC(C)C)CC(=O)N1CCc2sccc2[C@@H]1c1ccccc1C. The molecule has 0 fully saturated rings. The van der Waals surface area contributed by atoms with Crippen LogP contribution in [-0.2, 0) is 16.0 Å². The molecule has 0 aliphatic carbocycles. The first-order valence-corrected chi connectivity index (χ1v) is 11.5. The molecule has 3 rings (SSSR count). The van der Waals surface area contributed by atoms with E-state index in [1.165, 1.54) is 21.6 Å². The van der Waals surface area contributed by atoms with Gasteiger partial charge in [0.1, 0.15) is 0 Å². The van der Waals surface area contributed by atoms with Gasteiger partial charge in [-0.3, -0.25) is 9.59 Å². The van der Waals surface area contributed by atoms with E-state index in [0.29, 0.717) is 25.4 Å². The molecule has 1 aromatic heterocycles. The number of hydrogen-bond acceptors (Lipinski definition) is 3. The molecule has 29 heavy (non-hydrogen) atoms. The maximum absolute atomic E-state index is 13.4. The van der Waals surface area contributed by atoms with Gasteiger partial charge >= 0.3 is 0 Å². The van der Waals surface area contributed by atoms with Gasteiger partial charge < -0.3 is 9.80 Å². The highest BCUT2D eigenvalue weighted by Crippen LogP contribution is 2.39. The predicted octanol–water partition coefficient (Wildman–Crippen LogP) is 4.82. The van der Waals surface area contributed by atoms with Gasteiger partial charge in [0.25, 0.3) is 0 Å². The summed E-state index contributed by atoms with van der Waals surface area (Å²) < 4.78 is 0. The number of hydrogen-bond donors (Lipinski definition) is 0. The fourth-order valence-electron chi connectivity index (χ4n) is 4.00. The summed E-state index contributed by atoms with van der Waals surface area (Å²) in [6.07, 6.45) is 2.23. The van der Waals surface area contributed by atoms with Crippen LogP contribution in [0.25, 0.3) is 0 Å². The molecule has 0 saturated heterocycles. The number of aryl methyl sites for hydroxylation is 1. The molecule has 0 saturated carbocycles. The molecule has 2 amide bonds. The number of carbonyl (C=O) groups is 2. The number of benzene rings is 1. The summed E-state index contributed by atoms with van der Waals surface area (Å²) >= 11 is 1.77. The number of carbonyl (C=O) groups excluding carboxylic acids is 2. The van der Waals surface area contributed by atoms with Gasteiger partial charge in [-0.1, -0.05) is 45.0 Å². The van der Waals surface area contributed by atoms with Gasteiger partial charge in [-0.25, -0.2) is 0 Å². The fourth-order valence-corrected chi connectivity index (χ4v) is 4.90. The average Bonchev–Trinajstić information content (AvgIpc) is 3.19. The van der Waals surface area contributed by atoms with Gasteiger partial charge in [0.15, 0.2) is 0 Å². The summed E-state index contributed by atoms with van der Waals surface area (Å²) in [5, 5.41) is 2.12. The van der Waals surface area contributed by atoms with E-state index in [2.05, 4.69) is 44.4 Å². The molecular formula is C24H32N2O2S. The van der Waals surface area contributed by atoms with Crippen LogP contribution in [0.3, 0.4) is 0 Å². The van der Waals surface area contributed by atoms with Crippen LogP contribution in [0.4, 0.5) is 0 Å². The number of rotatable bonds is 7. The van der Waals surface area contributed by atoms with Crippen molar-refractivity contribution in [3.05, 3.63) is 57.3 Å². The van der Waals surface area contributed by atoms with Crippen LogP contribution >= 0.6 is 11.3 Å². The molecule has 0 radical (unpaired) electrons. The van der Waals surface area contributed by atoms with Gasteiger partial charge in [-0.05, 0) is 53.8 Å². The molecule has 156 valence electrons. The maximum atomic E-state index is 13.4. The normalized spacial score (nSPS) is 16.0. The monoisotopic (exact) mass is 412 g/mol. The summed E-state index contributed by atoms with van der Waals surface area (Å²) in [6, 6.07) is 10.4. The Balaban J connectivity index is 1.88. The van der Waals surface area contributed by atoms with Crippen molar-refractivity contribution < 1.29 is 9.59 Å². The van der Waals surface area contributed by atoms with Crippen LogP contribution < -0.4 is 0 Å². The third kappa shape index (κ3) is 4.89. The molecule has 0 bridgehead atoms. The summed E-state index contributed by atoms with van der Waals surface area (Å²) in [6.45, 7) is 9.77. The van der Waals surface area contributed by atoms with Crippen LogP contribution in [0, 0.1) is 12.8 Å². The first kappa shape index (κ1) is 21.6. The van der Waals surface area contributed by atoms with E-state index in [1.807, 2.05) is 24.0 Å². The van der Waals surface area contributed by atoms with E-state index in [1.54, 1.807) is 16.2 Å². The summed E-state index contributed by atoms with van der Waals surface area (Å²) in [4.78, 5) is 31.0. The second kappa shape index (κ2) is 9.57. The predicted molar refractivity (Wildman–Crippen MR) is 119 cm³/mol. The number of nitrogens with zero attached hydrogens (tertiary/aromatic N) is 2. The van der Waals surface area contributed by atoms with Gasteiger partial charge in [-0.2, -0.15) is 0 Å². The maximum Gasteiger partial charge on any atom is 0.242 e. The number of amides is 2. The third-order valence-electron chi connectivity index (χ3n) is 5.73. The fraction of sp³-hybridized carbons (Fsp3) is 0.500. The van der Waals surface area contributed by atoms with Crippen LogP contribution in [0.5, 0.6) is 0 Å². The lowest BCUT2D eigenvalue weighted by Gasteiger charge is -2.38. The molecule has 4 nitrogen and oxygen atoms in total. The summed E-state index contributed by atoms with van der Waals surface area (Å²) in [5.74, 6) is 0.598. The molecule has 5 heteroatoms. The highest BCUT2D eigenvalue weighted by atomic mass is 32.1. The Morgan fingerprint density at radius 3 is 2.66 bits per heavy atom. The highest BCUT2D eigenvalue weighted by Gasteiger charge is 2.34. The molecule has 1 aliphatic heterocycles. The molecule has 0 unspecified atom stereocenters. The van der Waals surface area contributed by atoms with Crippen molar-refractivity contribution in [3.8, 4) is 0 Å². The summed E-state index contributed by atoms with van der Waals surface area (Å²) in [7, 11) is 0. The minimum atomic E-state index is -0.0672.